The van der Waals surface area contributed by atoms with Crippen molar-refractivity contribution in [3.05, 3.63) is 99.4 Å². The van der Waals surface area contributed by atoms with Crippen molar-refractivity contribution in [1.29, 1.82) is 0 Å². The number of imide groups is 1. The third-order valence-electron chi connectivity index (χ3n) is 6.67. The minimum absolute atomic E-state index is 0.0373. The zero-order valence-corrected chi connectivity index (χ0v) is 21.1. The quantitative estimate of drug-likeness (QED) is 0.176. The molecule has 38 heavy (non-hydrogen) atoms. The van der Waals surface area contributed by atoms with Crippen molar-refractivity contribution in [1.82, 2.24) is 4.90 Å². The predicted octanol–water partition coefficient (Wildman–Crippen LogP) is 5.76. The van der Waals surface area contributed by atoms with Crippen molar-refractivity contribution >= 4 is 28.8 Å². The fraction of sp³-hybridized carbons (Fsp3) is 0.200. The number of esters is 1. The first kappa shape index (κ1) is 25.0. The third kappa shape index (κ3) is 4.45. The molecule has 0 bridgehead atoms. The molecule has 4 aromatic rings. The molecule has 1 atom stereocenters. The number of amides is 2. The Hall–Kier alpha value is -4.72. The van der Waals surface area contributed by atoms with E-state index in [0.29, 0.717) is 12.2 Å². The summed E-state index contributed by atoms with van der Waals surface area (Å²) in [7, 11) is 0. The van der Waals surface area contributed by atoms with Crippen LogP contribution in [0.5, 0.6) is 17.2 Å². The Morgan fingerprint density at radius 2 is 1.61 bits per heavy atom. The summed E-state index contributed by atoms with van der Waals surface area (Å²) < 4.78 is 16.8. The molecule has 8 nitrogen and oxygen atoms in total. The van der Waals surface area contributed by atoms with E-state index >= 15 is 0 Å². The van der Waals surface area contributed by atoms with Gasteiger partial charge in [0.15, 0.2) is 0 Å². The highest BCUT2D eigenvalue weighted by molar-refractivity contribution is 6.22. The highest BCUT2D eigenvalue weighted by Gasteiger charge is 2.38. The summed E-state index contributed by atoms with van der Waals surface area (Å²) in [6.07, 6.45) is 2.74. The molecule has 5 rings (SSSR count). The molecular formula is C30H25NO7. The highest BCUT2D eigenvalue weighted by Crippen LogP contribution is 2.28. The van der Waals surface area contributed by atoms with Gasteiger partial charge in [0.05, 0.1) is 22.1 Å². The van der Waals surface area contributed by atoms with E-state index in [1.54, 1.807) is 19.1 Å². The molecule has 1 aliphatic rings. The maximum absolute atomic E-state index is 12.9. The van der Waals surface area contributed by atoms with Gasteiger partial charge in [-0.1, -0.05) is 26.0 Å². The van der Waals surface area contributed by atoms with Gasteiger partial charge in [-0.25, -0.2) is 4.79 Å². The lowest BCUT2D eigenvalue weighted by atomic mass is 10.1. The molecule has 3 aromatic carbocycles. The molecule has 2 amide bonds. The van der Waals surface area contributed by atoms with Crippen molar-refractivity contribution < 1.29 is 28.3 Å². The van der Waals surface area contributed by atoms with E-state index in [0.717, 1.165) is 12.0 Å². The smallest absolute Gasteiger partial charge is 0.343 e. The number of rotatable bonds is 7. The van der Waals surface area contributed by atoms with Crippen molar-refractivity contribution in [3.63, 3.8) is 0 Å². The van der Waals surface area contributed by atoms with Crippen LogP contribution in [0.2, 0.25) is 0 Å². The van der Waals surface area contributed by atoms with Crippen LogP contribution in [0.25, 0.3) is 11.0 Å². The van der Waals surface area contributed by atoms with Crippen LogP contribution < -0.4 is 14.9 Å². The van der Waals surface area contributed by atoms with Gasteiger partial charge >= 0.3 is 5.97 Å². The summed E-state index contributed by atoms with van der Waals surface area (Å²) >= 11 is 0. The van der Waals surface area contributed by atoms with E-state index in [2.05, 4.69) is 6.92 Å². The standard InChI is InChI=1S/C30H25NO7/c1-4-17(3)31-28(33)22-12-8-19(14-24(22)29(31)34)30(35)38-21-11-13-23-25(15-21)36-16-26(27(23)32)37-20-9-6-18(5-2)7-10-20/h6-17H,4-5H2,1-3H3. The summed E-state index contributed by atoms with van der Waals surface area (Å²) in [5, 5.41) is 0.263. The van der Waals surface area contributed by atoms with E-state index in [4.69, 9.17) is 13.9 Å². The molecular weight excluding hydrogens is 486 g/mol. The Morgan fingerprint density at radius 3 is 2.32 bits per heavy atom. The molecule has 0 saturated heterocycles. The average Bonchev–Trinajstić information content (AvgIpc) is 3.19. The number of aryl methyl sites for hydroxylation is 1. The van der Waals surface area contributed by atoms with Gasteiger partial charge < -0.3 is 13.9 Å². The van der Waals surface area contributed by atoms with Crippen molar-refractivity contribution in [2.45, 2.75) is 39.7 Å². The van der Waals surface area contributed by atoms with Crippen molar-refractivity contribution in [2.75, 3.05) is 0 Å². The van der Waals surface area contributed by atoms with Gasteiger partial charge in [-0.3, -0.25) is 19.3 Å². The Bertz CT molecular complexity index is 1640. The average molecular weight is 512 g/mol. The molecule has 0 fully saturated rings. The fourth-order valence-corrected chi connectivity index (χ4v) is 4.28. The number of ether oxygens (including phenoxy) is 2. The minimum Gasteiger partial charge on any atom is -0.460 e. The number of hydrogen-bond acceptors (Lipinski definition) is 7. The van der Waals surface area contributed by atoms with E-state index in [-0.39, 0.29) is 56.5 Å². The van der Waals surface area contributed by atoms with Crippen LogP contribution >= 0.6 is 0 Å². The lowest BCUT2D eigenvalue weighted by Gasteiger charge is -2.20. The molecule has 0 N–H and O–H groups in total. The first-order chi connectivity index (χ1) is 18.3. The largest absolute Gasteiger partial charge is 0.460 e. The third-order valence-corrected chi connectivity index (χ3v) is 6.67. The van der Waals surface area contributed by atoms with Gasteiger partial charge in [-0.2, -0.15) is 0 Å². The van der Waals surface area contributed by atoms with Crippen LogP contribution in [0.4, 0.5) is 0 Å². The van der Waals surface area contributed by atoms with E-state index in [1.165, 1.54) is 47.6 Å². The number of carbonyl (C=O) groups excluding carboxylic acids is 3. The maximum atomic E-state index is 12.9. The molecule has 0 radical (unpaired) electrons. The van der Waals surface area contributed by atoms with Gasteiger partial charge in [0.2, 0.25) is 11.2 Å². The van der Waals surface area contributed by atoms with Crippen LogP contribution in [0.3, 0.4) is 0 Å². The second-order valence-corrected chi connectivity index (χ2v) is 9.07. The summed E-state index contributed by atoms with van der Waals surface area (Å²) in [5.74, 6) is -0.812. The molecule has 0 saturated carbocycles. The van der Waals surface area contributed by atoms with Crippen LogP contribution in [0.15, 0.2) is 76.1 Å². The van der Waals surface area contributed by atoms with Crippen molar-refractivity contribution in [3.8, 4) is 17.2 Å². The van der Waals surface area contributed by atoms with E-state index in [9.17, 15) is 19.2 Å². The molecule has 1 aromatic heterocycles. The zero-order chi connectivity index (χ0) is 27.0. The highest BCUT2D eigenvalue weighted by atomic mass is 16.5. The topological polar surface area (TPSA) is 103 Å². The monoisotopic (exact) mass is 511 g/mol. The Morgan fingerprint density at radius 1 is 0.895 bits per heavy atom. The van der Waals surface area contributed by atoms with E-state index < -0.39 is 11.9 Å². The molecule has 0 spiro atoms. The lowest BCUT2D eigenvalue weighted by Crippen LogP contribution is -2.37. The number of fused-ring (bicyclic) bond motifs is 2. The number of carbonyl (C=O) groups is 3. The maximum Gasteiger partial charge on any atom is 0.343 e. The summed E-state index contributed by atoms with van der Waals surface area (Å²) in [4.78, 5) is 52.4. The summed E-state index contributed by atoms with van der Waals surface area (Å²) in [6, 6.07) is 15.9. The molecule has 192 valence electrons. The Kier molecular flexibility index (Phi) is 6.55. The second-order valence-electron chi connectivity index (χ2n) is 9.07. The predicted molar refractivity (Wildman–Crippen MR) is 140 cm³/mol. The second kappa shape index (κ2) is 9.97. The van der Waals surface area contributed by atoms with Crippen LogP contribution in [0.1, 0.15) is 63.8 Å². The SMILES string of the molecule is CCc1ccc(Oc2coc3cc(OC(=O)c4ccc5c(c4)C(=O)N(C(C)CC)C5=O)ccc3c2=O)cc1. The van der Waals surface area contributed by atoms with Gasteiger partial charge in [-0.15, -0.1) is 0 Å². The summed E-state index contributed by atoms with van der Waals surface area (Å²) in [6.45, 7) is 5.74. The number of nitrogens with zero attached hydrogens (tertiary/aromatic N) is 1. The zero-order valence-electron chi connectivity index (χ0n) is 21.1. The minimum atomic E-state index is -0.716. The number of hydrogen-bond donors (Lipinski definition) is 0. The normalized spacial score (nSPS) is 13.5. The molecule has 0 aliphatic carbocycles. The Labute approximate surface area is 218 Å². The number of benzene rings is 3. The first-order valence-electron chi connectivity index (χ1n) is 12.4. The van der Waals surface area contributed by atoms with E-state index in [1.807, 2.05) is 19.1 Å². The first-order valence-corrected chi connectivity index (χ1v) is 12.4. The molecule has 1 unspecified atom stereocenters. The molecule has 8 heteroatoms. The van der Waals surface area contributed by atoms with Gasteiger partial charge in [0.1, 0.15) is 23.3 Å². The molecule has 1 aliphatic heterocycles. The van der Waals surface area contributed by atoms with Crippen LogP contribution in [0, 0.1) is 0 Å². The molecule has 2 heterocycles. The van der Waals surface area contributed by atoms with Gasteiger partial charge in [-0.05, 0) is 67.8 Å². The summed E-state index contributed by atoms with van der Waals surface area (Å²) in [5.41, 5.74) is 1.56. The van der Waals surface area contributed by atoms with Crippen LogP contribution in [-0.4, -0.2) is 28.7 Å². The van der Waals surface area contributed by atoms with Crippen LogP contribution in [-0.2, 0) is 6.42 Å². The Balaban J connectivity index is 1.35. The fourth-order valence-electron chi connectivity index (χ4n) is 4.28. The van der Waals surface area contributed by atoms with Crippen molar-refractivity contribution in [2.24, 2.45) is 0 Å². The lowest BCUT2D eigenvalue weighted by molar-refractivity contribution is 0.0593. The van der Waals surface area contributed by atoms with Gasteiger partial charge in [0.25, 0.3) is 11.8 Å². The van der Waals surface area contributed by atoms with Gasteiger partial charge in [0, 0.05) is 12.1 Å².